The van der Waals surface area contributed by atoms with Crippen molar-refractivity contribution in [1.82, 2.24) is 19.6 Å². The van der Waals surface area contributed by atoms with Gasteiger partial charge in [-0.25, -0.2) is 4.98 Å². The van der Waals surface area contributed by atoms with Crippen molar-refractivity contribution < 1.29 is 9.21 Å². The molecule has 3 heterocycles. The molecule has 0 radical (unpaired) electrons. The van der Waals surface area contributed by atoms with Gasteiger partial charge in [0, 0.05) is 51.2 Å². The number of hydrogen-bond donors (Lipinski definition) is 2. The average Bonchev–Trinajstić information content (AvgIpc) is 3.32. The Balaban J connectivity index is 1.52. The number of nitrogens with two attached hydrogens (primary N) is 1. The molecular formula is C16H23N7O2S. The number of furan rings is 1. The van der Waals surface area contributed by atoms with Crippen LogP contribution in [0.25, 0.3) is 0 Å². The highest BCUT2D eigenvalue weighted by Crippen LogP contribution is 2.19. The van der Waals surface area contributed by atoms with Gasteiger partial charge in [-0.05, 0) is 12.1 Å². The lowest BCUT2D eigenvalue weighted by molar-refractivity contribution is 0.0972. The van der Waals surface area contributed by atoms with Gasteiger partial charge in [-0.15, -0.1) is 0 Å². The summed E-state index contributed by atoms with van der Waals surface area (Å²) in [5.74, 6) is 1.93. The Morgan fingerprint density at radius 1 is 1.38 bits per heavy atom. The molecule has 0 spiro atoms. The normalized spacial score (nSPS) is 15.4. The summed E-state index contributed by atoms with van der Waals surface area (Å²) in [4.78, 5) is 24.4. The lowest BCUT2D eigenvalue weighted by atomic mass is 10.3. The molecule has 0 unspecified atom stereocenters. The van der Waals surface area contributed by atoms with Crippen LogP contribution in [0.4, 0.5) is 5.13 Å². The zero-order valence-corrected chi connectivity index (χ0v) is 15.8. The number of aryl methyl sites for hydroxylation is 1. The Morgan fingerprint density at radius 3 is 2.73 bits per heavy atom. The molecule has 10 heteroatoms. The monoisotopic (exact) mass is 377 g/mol. The number of rotatable bonds is 5. The van der Waals surface area contributed by atoms with Crippen LogP contribution in [0.3, 0.4) is 0 Å². The average molecular weight is 377 g/mol. The van der Waals surface area contributed by atoms with Crippen LogP contribution in [0, 0.1) is 0 Å². The Hall–Kier alpha value is -2.62. The lowest BCUT2D eigenvalue weighted by Gasteiger charge is -2.36. The predicted octanol–water partition coefficient (Wildman–Crippen LogP) is 0.690. The van der Waals surface area contributed by atoms with Crippen LogP contribution in [-0.2, 0) is 13.0 Å². The van der Waals surface area contributed by atoms with E-state index in [9.17, 15) is 4.79 Å². The molecule has 1 aliphatic rings. The van der Waals surface area contributed by atoms with E-state index >= 15 is 0 Å². The maximum Gasteiger partial charge on any atom is 0.284 e. The number of hydrogen-bond acceptors (Lipinski definition) is 7. The lowest BCUT2D eigenvalue weighted by Crippen LogP contribution is -2.52. The molecule has 2 aromatic rings. The predicted molar refractivity (Wildman–Crippen MR) is 100 cm³/mol. The van der Waals surface area contributed by atoms with Gasteiger partial charge in [0.05, 0.1) is 6.54 Å². The van der Waals surface area contributed by atoms with Crippen molar-refractivity contribution in [3.63, 3.8) is 0 Å². The summed E-state index contributed by atoms with van der Waals surface area (Å²) in [6.45, 7) is 5.91. The highest BCUT2D eigenvalue weighted by molar-refractivity contribution is 7.09. The van der Waals surface area contributed by atoms with Crippen LogP contribution >= 0.6 is 11.5 Å². The first kappa shape index (κ1) is 18.2. The quantitative estimate of drug-likeness (QED) is 0.582. The Kier molecular flexibility index (Phi) is 5.71. The molecule has 2 aromatic heterocycles. The molecule has 26 heavy (non-hydrogen) atoms. The van der Waals surface area contributed by atoms with Gasteiger partial charge in [-0.1, -0.05) is 6.92 Å². The molecule has 9 nitrogen and oxygen atoms in total. The number of guanidine groups is 1. The first-order chi connectivity index (χ1) is 12.6. The van der Waals surface area contributed by atoms with Crippen LogP contribution in [0.1, 0.15) is 29.1 Å². The van der Waals surface area contributed by atoms with Crippen molar-refractivity contribution in [3.8, 4) is 0 Å². The Morgan fingerprint density at radius 2 is 2.15 bits per heavy atom. The molecule has 3 N–H and O–H groups in total. The van der Waals surface area contributed by atoms with Crippen molar-refractivity contribution in [1.29, 1.82) is 0 Å². The van der Waals surface area contributed by atoms with E-state index in [4.69, 9.17) is 10.2 Å². The molecule has 1 aliphatic heterocycles. The molecule has 0 aliphatic carbocycles. The summed E-state index contributed by atoms with van der Waals surface area (Å²) in [6, 6.07) is 3.31. The number of amides is 1. The minimum Gasteiger partial charge on any atom is -0.454 e. The van der Waals surface area contributed by atoms with Gasteiger partial charge in [0.15, 0.2) is 11.7 Å². The third kappa shape index (κ3) is 4.13. The number of carbonyl (C=O) groups is 1. The van der Waals surface area contributed by atoms with Crippen molar-refractivity contribution in [2.75, 3.05) is 38.1 Å². The van der Waals surface area contributed by atoms with E-state index in [-0.39, 0.29) is 5.76 Å². The molecule has 1 amide bonds. The molecule has 3 rings (SSSR count). The van der Waals surface area contributed by atoms with Crippen LogP contribution in [0.5, 0.6) is 0 Å². The molecule has 0 saturated carbocycles. The van der Waals surface area contributed by atoms with Gasteiger partial charge >= 0.3 is 0 Å². The second kappa shape index (κ2) is 8.17. The van der Waals surface area contributed by atoms with E-state index < -0.39 is 5.91 Å². The number of nitrogens with one attached hydrogen (secondary N) is 1. The number of aromatic nitrogens is 2. The fourth-order valence-electron chi connectivity index (χ4n) is 2.73. The topological polar surface area (TPSA) is 113 Å². The molecule has 0 aromatic carbocycles. The molecule has 1 saturated heterocycles. The van der Waals surface area contributed by atoms with Crippen molar-refractivity contribution in [3.05, 3.63) is 29.5 Å². The molecule has 0 bridgehead atoms. The fraction of sp³-hybridized carbons (Fsp3) is 0.500. The largest absolute Gasteiger partial charge is 0.454 e. The molecular weight excluding hydrogens is 354 g/mol. The SMILES string of the molecule is CCc1nsc(N2CCN(C(=NC)NCc3ccc(C(N)=O)o3)CC2)n1. The summed E-state index contributed by atoms with van der Waals surface area (Å²) < 4.78 is 9.74. The van der Waals surface area contributed by atoms with E-state index in [1.807, 2.05) is 0 Å². The summed E-state index contributed by atoms with van der Waals surface area (Å²) in [6.07, 6.45) is 0.858. The fourth-order valence-corrected chi connectivity index (χ4v) is 3.53. The van der Waals surface area contributed by atoms with Crippen LogP contribution in [0.15, 0.2) is 21.5 Å². The molecule has 140 valence electrons. The van der Waals surface area contributed by atoms with E-state index in [0.717, 1.165) is 49.5 Å². The summed E-state index contributed by atoms with van der Waals surface area (Å²) in [5, 5.41) is 4.25. The number of piperazine rings is 1. The third-order valence-corrected chi connectivity index (χ3v) is 4.98. The number of carbonyl (C=O) groups excluding carboxylic acids is 1. The second-order valence-electron chi connectivity index (χ2n) is 5.85. The Labute approximate surface area is 156 Å². The minimum atomic E-state index is -0.570. The first-order valence-electron chi connectivity index (χ1n) is 8.52. The number of anilines is 1. The highest BCUT2D eigenvalue weighted by Gasteiger charge is 2.22. The molecule has 1 fully saturated rings. The number of primary amides is 1. The van der Waals surface area contributed by atoms with E-state index in [1.54, 1.807) is 19.2 Å². The van der Waals surface area contributed by atoms with E-state index in [1.165, 1.54) is 11.5 Å². The second-order valence-corrected chi connectivity index (χ2v) is 6.58. The van der Waals surface area contributed by atoms with E-state index in [0.29, 0.717) is 12.3 Å². The van der Waals surface area contributed by atoms with Crippen LogP contribution < -0.4 is 16.0 Å². The van der Waals surface area contributed by atoms with Crippen molar-refractivity contribution in [2.45, 2.75) is 19.9 Å². The van der Waals surface area contributed by atoms with Gasteiger partial charge in [-0.2, -0.15) is 4.37 Å². The maximum atomic E-state index is 11.1. The highest BCUT2D eigenvalue weighted by atomic mass is 32.1. The summed E-state index contributed by atoms with van der Waals surface area (Å²) in [5.41, 5.74) is 5.20. The van der Waals surface area contributed by atoms with Gasteiger partial charge < -0.3 is 25.3 Å². The minimum absolute atomic E-state index is 0.161. The number of aliphatic imine (C=N–C) groups is 1. The standard InChI is InChI=1S/C16H23N7O2S/c1-3-13-20-16(26-21-13)23-8-6-22(7-9-23)15(18-2)19-10-11-4-5-12(25-11)14(17)24/h4-5H,3,6-10H2,1-2H3,(H2,17,24)(H,18,19). The van der Waals surface area contributed by atoms with Crippen molar-refractivity contribution >= 4 is 28.5 Å². The third-order valence-electron chi connectivity index (χ3n) is 4.16. The van der Waals surface area contributed by atoms with Crippen LogP contribution in [-0.4, -0.2) is 59.4 Å². The zero-order chi connectivity index (χ0) is 18.5. The van der Waals surface area contributed by atoms with Crippen molar-refractivity contribution in [2.24, 2.45) is 10.7 Å². The van der Waals surface area contributed by atoms with E-state index in [2.05, 4.69) is 36.4 Å². The zero-order valence-electron chi connectivity index (χ0n) is 14.9. The smallest absolute Gasteiger partial charge is 0.284 e. The van der Waals surface area contributed by atoms with Gasteiger partial charge in [0.25, 0.3) is 5.91 Å². The Bertz CT molecular complexity index is 777. The van der Waals surface area contributed by atoms with Crippen LogP contribution in [0.2, 0.25) is 0 Å². The van der Waals surface area contributed by atoms with Gasteiger partial charge in [-0.3, -0.25) is 9.79 Å². The van der Waals surface area contributed by atoms with Gasteiger partial charge in [0.2, 0.25) is 5.13 Å². The summed E-state index contributed by atoms with van der Waals surface area (Å²) in [7, 11) is 1.75. The summed E-state index contributed by atoms with van der Waals surface area (Å²) >= 11 is 1.46. The molecule has 0 atom stereocenters. The maximum absolute atomic E-state index is 11.1. The number of nitrogens with zero attached hydrogens (tertiary/aromatic N) is 5. The van der Waals surface area contributed by atoms with Gasteiger partial charge in [0.1, 0.15) is 11.6 Å². The first-order valence-corrected chi connectivity index (χ1v) is 9.29.